The number of aromatic nitrogens is 1. The lowest BCUT2D eigenvalue weighted by Gasteiger charge is -2.11. The Balaban J connectivity index is 1.55. The summed E-state index contributed by atoms with van der Waals surface area (Å²) in [5.74, 6) is 0.241. The number of ether oxygens (including phenoxy) is 1. The molecular formula is C17H18N2O4S. The highest BCUT2D eigenvalue weighted by Gasteiger charge is 2.29. The second-order valence-electron chi connectivity index (χ2n) is 5.73. The Hall–Kier alpha value is -2.41. The molecule has 3 rings (SSSR count). The van der Waals surface area contributed by atoms with Crippen molar-refractivity contribution < 1.29 is 17.9 Å². The van der Waals surface area contributed by atoms with Gasteiger partial charge in [0, 0.05) is 18.3 Å². The van der Waals surface area contributed by atoms with Crippen molar-refractivity contribution in [2.45, 2.75) is 19.1 Å². The predicted molar refractivity (Wildman–Crippen MR) is 89.5 cm³/mol. The van der Waals surface area contributed by atoms with Crippen LogP contribution < -0.4 is 10.1 Å². The number of nitrogens with zero attached hydrogens (tertiary/aromatic N) is 1. The van der Waals surface area contributed by atoms with E-state index in [1.54, 1.807) is 12.1 Å². The number of pyridine rings is 1. The van der Waals surface area contributed by atoms with Gasteiger partial charge in [-0.1, -0.05) is 30.3 Å². The quantitative estimate of drug-likeness (QED) is 0.888. The number of sulfone groups is 1. The van der Waals surface area contributed by atoms with Crippen LogP contribution in [0.4, 0.5) is 0 Å². The summed E-state index contributed by atoms with van der Waals surface area (Å²) in [6, 6.07) is 12.6. The molecule has 24 heavy (non-hydrogen) atoms. The Labute approximate surface area is 140 Å². The number of carbonyl (C=O) groups is 1. The van der Waals surface area contributed by atoms with E-state index in [0.29, 0.717) is 24.5 Å². The van der Waals surface area contributed by atoms with E-state index < -0.39 is 9.84 Å². The topological polar surface area (TPSA) is 85.4 Å². The highest BCUT2D eigenvalue weighted by Crippen LogP contribution is 2.14. The summed E-state index contributed by atoms with van der Waals surface area (Å²) in [5.41, 5.74) is 1.41. The first-order valence-electron chi connectivity index (χ1n) is 7.66. The Morgan fingerprint density at radius 3 is 2.62 bits per heavy atom. The third kappa shape index (κ3) is 4.32. The molecule has 1 N–H and O–H groups in total. The monoisotopic (exact) mass is 346 g/mol. The van der Waals surface area contributed by atoms with Crippen molar-refractivity contribution in [2.75, 3.05) is 11.5 Å². The molecule has 2 aromatic rings. The maximum atomic E-state index is 12.1. The number of benzene rings is 1. The van der Waals surface area contributed by atoms with E-state index in [-0.39, 0.29) is 23.5 Å². The Kier molecular flexibility index (Phi) is 4.80. The molecule has 1 aliphatic rings. The molecule has 2 heterocycles. The highest BCUT2D eigenvalue weighted by atomic mass is 32.2. The molecule has 1 aliphatic heterocycles. The van der Waals surface area contributed by atoms with Crippen molar-refractivity contribution in [3.8, 4) is 5.88 Å². The molecule has 0 unspecified atom stereocenters. The molecule has 1 fully saturated rings. The summed E-state index contributed by atoms with van der Waals surface area (Å²) in [7, 11) is -3.01. The van der Waals surface area contributed by atoms with Crippen LogP contribution in [-0.2, 0) is 16.4 Å². The molecule has 1 saturated heterocycles. The molecule has 6 nitrogen and oxygen atoms in total. The van der Waals surface area contributed by atoms with Crippen LogP contribution in [0.15, 0.2) is 48.7 Å². The molecule has 1 amide bonds. The minimum absolute atomic E-state index is 0.00440. The van der Waals surface area contributed by atoms with Crippen LogP contribution in [0.3, 0.4) is 0 Å². The normalized spacial score (nSPS) is 18.9. The molecule has 7 heteroatoms. The van der Waals surface area contributed by atoms with Crippen LogP contribution >= 0.6 is 0 Å². The third-order valence-corrected chi connectivity index (χ3v) is 5.56. The van der Waals surface area contributed by atoms with Gasteiger partial charge in [-0.05, 0) is 18.1 Å². The predicted octanol–water partition coefficient (Wildman–Crippen LogP) is 1.58. The minimum atomic E-state index is -3.01. The number of nitrogens with one attached hydrogen (secondary N) is 1. The second-order valence-corrected chi connectivity index (χ2v) is 7.96. The standard InChI is InChI=1S/C17H18N2O4S/c20-17(19-15-8-9-24(21,22)12-15)14-6-7-16(18-10-14)23-11-13-4-2-1-3-5-13/h1-7,10,15H,8-9,11-12H2,(H,19,20)/t15-/m1/s1. The second kappa shape index (κ2) is 7.00. The van der Waals surface area contributed by atoms with Crippen LogP contribution in [0.25, 0.3) is 0 Å². The zero-order valence-corrected chi connectivity index (χ0v) is 13.8. The fraction of sp³-hybridized carbons (Fsp3) is 0.294. The average Bonchev–Trinajstić information content (AvgIpc) is 2.93. The molecule has 0 saturated carbocycles. The number of amides is 1. The summed E-state index contributed by atoms with van der Waals surface area (Å²) in [6.07, 6.45) is 1.89. The van der Waals surface area contributed by atoms with E-state index in [1.165, 1.54) is 6.20 Å². The van der Waals surface area contributed by atoms with Gasteiger partial charge in [-0.25, -0.2) is 13.4 Å². The third-order valence-electron chi connectivity index (χ3n) is 3.80. The summed E-state index contributed by atoms with van der Waals surface area (Å²) in [4.78, 5) is 16.2. The zero-order chi connectivity index (χ0) is 17.0. The molecular weight excluding hydrogens is 328 g/mol. The molecule has 0 radical (unpaired) electrons. The SMILES string of the molecule is O=C(N[C@@H]1CCS(=O)(=O)C1)c1ccc(OCc2ccccc2)nc1. The lowest BCUT2D eigenvalue weighted by Crippen LogP contribution is -2.35. The van der Waals surface area contributed by atoms with Gasteiger partial charge in [-0.3, -0.25) is 4.79 Å². The Morgan fingerprint density at radius 2 is 2.00 bits per heavy atom. The van der Waals surface area contributed by atoms with Gasteiger partial charge in [0.25, 0.3) is 5.91 Å². The molecule has 126 valence electrons. The van der Waals surface area contributed by atoms with Crippen LogP contribution in [-0.4, -0.2) is 36.9 Å². The average molecular weight is 346 g/mol. The lowest BCUT2D eigenvalue weighted by atomic mass is 10.2. The summed E-state index contributed by atoms with van der Waals surface area (Å²) in [6.45, 7) is 0.402. The first kappa shape index (κ1) is 16.4. The number of hydrogen-bond acceptors (Lipinski definition) is 5. The van der Waals surface area contributed by atoms with E-state index in [2.05, 4.69) is 10.3 Å². The van der Waals surface area contributed by atoms with Crippen LogP contribution in [0.5, 0.6) is 5.88 Å². The van der Waals surface area contributed by atoms with Crippen molar-refractivity contribution in [1.29, 1.82) is 0 Å². The van der Waals surface area contributed by atoms with Crippen LogP contribution in [0, 0.1) is 0 Å². The van der Waals surface area contributed by atoms with Gasteiger partial charge in [0.2, 0.25) is 5.88 Å². The van der Waals surface area contributed by atoms with Crippen molar-refractivity contribution in [3.63, 3.8) is 0 Å². The van der Waals surface area contributed by atoms with Crippen molar-refractivity contribution in [2.24, 2.45) is 0 Å². The van der Waals surface area contributed by atoms with Crippen LogP contribution in [0.2, 0.25) is 0 Å². The van der Waals surface area contributed by atoms with Gasteiger partial charge in [-0.2, -0.15) is 0 Å². The van der Waals surface area contributed by atoms with Crippen molar-refractivity contribution in [3.05, 3.63) is 59.8 Å². The van der Waals surface area contributed by atoms with E-state index in [1.807, 2.05) is 30.3 Å². The first-order valence-corrected chi connectivity index (χ1v) is 9.48. The lowest BCUT2D eigenvalue weighted by molar-refractivity contribution is 0.0940. The maximum absolute atomic E-state index is 12.1. The maximum Gasteiger partial charge on any atom is 0.253 e. The number of hydrogen-bond donors (Lipinski definition) is 1. The fourth-order valence-corrected chi connectivity index (χ4v) is 4.18. The van der Waals surface area contributed by atoms with Crippen molar-refractivity contribution in [1.82, 2.24) is 10.3 Å². The summed E-state index contributed by atoms with van der Waals surface area (Å²) >= 11 is 0. The van der Waals surface area contributed by atoms with Gasteiger partial charge in [-0.15, -0.1) is 0 Å². The highest BCUT2D eigenvalue weighted by molar-refractivity contribution is 7.91. The zero-order valence-electron chi connectivity index (χ0n) is 13.0. The number of rotatable bonds is 5. The van der Waals surface area contributed by atoms with Gasteiger partial charge < -0.3 is 10.1 Å². The Bertz CT molecular complexity index is 804. The first-order chi connectivity index (χ1) is 11.5. The molecule has 1 aromatic carbocycles. The summed E-state index contributed by atoms with van der Waals surface area (Å²) in [5, 5.41) is 2.73. The molecule has 0 aliphatic carbocycles. The molecule has 1 atom stereocenters. The van der Waals surface area contributed by atoms with E-state index in [9.17, 15) is 13.2 Å². The van der Waals surface area contributed by atoms with Gasteiger partial charge in [0.05, 0.1) is 17.1 Å². The molecule has 0 spiro atoms. The molecule has 0 bridgehead atoms. The minimum Gasteiger partial charge on any atom is -0.473 e. The van der Waals surface area contributed by atoms with E-state index in [0.717, 1.165) is 5.56 Å². The van der Waals surface area contributed by atoms with E-state index in [4.69, 9.17) is 4.74 Å². The largest absolute Gasteiger partial charge is 0.473 e. The Morgan fingerprint density at radius 1 is 1.21 bits per heavy atom. The van der Waals surface area contributed by atoms with E-state index >= 15 is 0 Å². The van der Waals surface area contributed by atoms with Crippen molar-refractivity contribution >= 4 is 15.7 Å². The summed E-state index contributed by atoms with van der Waals surface area (Å²) < 4.78 is 28.4. The number of carbonyl (C=O) groups excluding carboxylic acids is 1. The van der Waals surface area contributed by atoms with Crippen LogP contribution in [0.1, 0.15) is 22.3 Å². The van der Waals surface area contributed by atoms with Gasteiger partial charge in [0.15, 0.2) is 9.84 Å². The molecule has 1 aromatic heterocycles. The van der Waals surface area contributed by atoms with Gasteiger partial charge >= 0.3 is 0 Å². The van der Waals surface area contributed by atoms with Gasteiger partial charge in [0.1, 0.15) is 6.61 Å². The smallest absolute Gasteiger partial charge is 0.253 e. The fourth-order valence-electron chi connectivity index (χ4n) is 2.51.